The molecule has 7 heteroatoms. The lowest BCUT2D eigenvalue weighted by Gasteiger charge is -2.15. The maximum Gasteiger partial charge on any atom is 0.325 e. The van der Waals surface area contributed by atoms with Crippen molar-refractivity contribution in [2.45, 2.75) is 6.04 Å². The fourth-order valence-corrected chi connectivity index (χ4v) is 1.49. The van der Waals surface area contributed by atoms with Gasteiger partial charge in [-0.3, -0.25) is 4.79 Å². The lowest BCUT2D eigenvalue weighted by Crippen LogP contribution is -2.22. The molecule has 0 amide bonds. The standard InChI is InChI=1S/C9H9ClFNO4/c1-16-8-4(13)2-3(11)6(10)5(8)7(12)9(14)15/h2,7,13H,12H2,1H3,(H,14,15). The molecule has 16 heavy (non-hydrogen) atoms. The lowest BCUT2D eigenvalue weighted by molar-refractivity contribution is -0.138. The SMILES string of the molecule is COc1c(O)cc(F)c(Cl)c1C(N)C(=O)O. The smallest absolute Gasteiger partial charge is 0.325 e. The van der Waals surface area contributed by atoms with Crippen LogP contribution in [0.5, 0.6) is 11.5 Å². The number of aromatic hydroxyl groups is 1. The summed E-state index contributed by atoms with van der Waals surface area (Å²) in [4.78, 5) is 10.7. The fraction of sp³-hybridized carbons (Fsp3) is 0.222. The third-order valence-electron chi connectivity index (χ3n) is 1.97. The monoisotopic (exact) mass is 249 g/mol. The van der Waals surface area contributed by atoms with Gasteiger partial charge in [-0.1, -0.05) is 11.6 Å². The maximum absolute atomic E-state index is 13.2. The number of halogens is 2. The Morgan fingerprint density at radius 3 is 2.69 bits per heavy atom. The fourth-order valence-electron chi connectivity index (χ4n) is 1.23. The van der Waals surface area contributed by atoms with Crippen molar-refractivity contribution in [3.05, 3.63) is 22.5 Å². The number of benzene rings is 1. The van der Waals surface area contributed by atoms with Crippen molar-refractivity contribution in [2.24, 2.45) is 5.73 Å². The van der Waals surface area contributed by atoms with Crippen LogP contribution in [0.4, 0.5) is 4.39 Å². The molecule has 88 valence electrons. The zero-order valence-electron chi connectivity index (χ0n) is 8.20. The molecule has 0 aliphatic rings. The van der Waals surface area contributed by atoms with Gasteiger partial charge in [0.25, 0.3) is 0 Å². The number of carbonyl (C=O) groups is 1. The summed E-state index contributed by atoms with van der Waals surface area (Å²) in [5.41, 5.74) is 5.01. The summed E-state index contributed by atoms with van der Waals surface area (Å²) < 4.78 is 17.9. The van der Waals surface area contributed by atoms with E-state index in [2.05, 4.69) is 0 Å². The molecule has 0 aliphatic carbocycles. The minimum absolute atomic E-state index is 0.249. The first-order chi connectivity index (χ1) is 7.40. The molecule has 0 saturated heterocycles. The molecule has 5 nitrogen and oxygen atoms in total. The summed E-state index contributed by atoms with van der Waals surface area (Å²) in [6.07, 6.45) is 0. The summed E-state index contributed by atoms with van der Waals surface area (Å²) in [6.45, 7) is 0. The van der Waals surface area contributed by atoms with Crippen LogP contribution in [0.15, 0.2) is 6.07 Å². The average molecular weight is 250 g/mol. The van der Waals surface area contributed by atoms with Crippen LogP contribution in [-0.4, -0.2) is 23.3 Å². The van der Waals surface area contributed by atoms with Crippen LogP contribution < -0.4 is 10.5 Å². The van der Waals surface area contributed by atoms with E-state index in [1.807, 2.05) is 0 Å². The van der Waals surface area contributed by atoms with Gasteiger partial charge in [0.1, 0.15) is 11.9 Å². The second-order valence-electron chi connectivity index (χ2n) is 2.95. The van der Waals surface area contributed by atoms with Crippen molar-refractivity contribution < 1.29 is 24.1 Å². The minimum Gasteiger partial charge on any atom is -0.504 e. The van der Waals surface area contributed by atoms with Gasteiger partial charge in [0.05, 0.1) is 12.1 Å². The van der Waals surface area contributed by atoms with Crippen LogP contribution in [0.25, 0.3) is 0 Å². The number of carboxylic acid groups (broad SMARTS) is 1. The average Bonchev–Trinajstić information content (AvgIpc) is 2.21. The summed E-state index contributed by atoms with van der Waals surface area (Å²) in [7, 11) is 1.18. The topological polar surface area (TPSA) is 92.8 Å². The first-order valence-corrected chi connectivity index (χ1v) is 4.51. The van der Waals surface area contributed by atoms with Crippen molar-refractivity contribution in [3.8, 4) is 11.5 Å². The van der Waals surface area contributed by atoms with E-state index in [4.69, 9.17) is 27.2 Å². The number of aliphatic carboxylic acids is 1. The molecule has 1 rings (SSSR count). The van der Waals surface area contributed by atoms with Gasteiger partial charge in [-0.15, -0.1) is 0 Å². The van der Waals surface area contributed by atoms with Gasteiger partial charge in [0, 0.05) is 11.6 Å². The molecular formula is C9H9ClFNO4. The van der Waals surface area contributed by atoms with Crippen LogP contribution in [-0.2, 0) is 4.79 Å². The molecule has 0 fully saturated rings. The van der Waals surface area contributed by atoms with E-state index >= 15 is 0 Å². The maximum atomic E-state index is 13.2. The van der Waals surface area contributed by atoms with Crippen molar-refractivity contribution >= 4 is 17.6 Å². The molecule has 1 aromatic carbocycles. The molecule has 1 aromatic rings. The summed E-state index contributed by atoms with van der Waals surface area (Å²) in [5, 5.41) is 17.6. The Hall–Kier alpha value is -1.53. The zero-order valence-corrected chi connectivity index (χ0v) is 8.95. The van der Waals surface area contributed by atoms with E-state index in [-0.39, 0.29) is 11.3 Å². The predicted molar refractivity (Wildman–Crippen MR) is 54.2 cm³/mol. The first kappa shape index (κ1) is 12.5. The van der Waals surface area contributed by atoms with E-state index in [0.29, 0.717) is 0 Å². The van der Waals surface area contributed by atoms with Gasteiger partial charge in [-0.2, -0.15) is 0 Å². The highest BCUT2D eigenvalue weighted by atomic mass is 35.5. The Kier molecular flexibility index (Phi) is 3.56. The van der Waals surface area contributed by atoms with Gasteiger partial charge in [0.15, 0.2) is 11.5 Å². The number of hydrogen-bond acceptors (Lipinski definition) is 4. The van der Waals surface area contributed by atoms with Crippen molar-refractivity contribution in [2.75, 3.05) is 7.11 Å². The molecule has 1 unspecified atom stereocenters. The van der Waals surface area contributed by atoms with Gasteiger partial charge >= 0.3 is 5.97 Å². The zero-order chi connectivity index (χ0) is 12.5. The molecule has 0 aromatic heterocycles. The number of phenolic OH excluding ortho intramolecular Hbond substituents is 1. The first-order valence-electron chi connectivity index (χ1n) is 4.13. The predicted octanol–water partition coefficient (Wildman–Crippen LogP) is 1.28. The summed E-state index contributed by atoms with van der Waals surface area (Å²) in [5.74, 6) is -3.19. The molecule has 0 aliphatic heterocycles. The van der Waals surface area contributed by atoms with E-state index in [9.17, 15) is 14.3 Å². The summed E-state index contributed by atoms with van der Waals surface area (Å²) in [6, 6.07) is -0.858. The number of rotatable bonds is 3. The number of hydrogen-bond donors (Lipinski definition) is 3. The molecule has 1 atom stereocenters. The van der Waals surface area contributed by atoms with Crippen molar-refractivity contribution in [1.29, 1.82) is 0 Å². The third-order valence-corrected chi connectivity index (χ3v) is 2.35. The van der Waals surface area contributed by atoms with Crippen LogP contribution in [0.1, 0.15) is 11.6 Å². The number of carboxylic acids is 1. The van der Waals surface area contributed by atoms with E-state index < -0.39 is 28.6 Å². The quantitative estimate of drug-likeness (QED) is 0.750. The second-order valence-corrected chi connectivity index (χ2v) is 3.33. The molecule has 0 spiro atoms. The van der Waals surface area contributed by atoms with Crippen LogP contribution in [0, 0.1) is 5.82 Å². The Labute approximate surface area is 95.2 Å². The largest absolute Gasteiger partial charge is 0.504 e. The van der Waals surface area contributed by atoms with Crippen LogP contribution in [0.2, 0.25) is 5.02 Å². The number of ether oxygens (including phenoxy) is 1. The Balaban J connectivity index is 3.50. The van der Waals surface area contributed by atoms with E-state index in [1.165, 1.54) is 7.11 Å². The van der Waals surface area contributed by atoms with Crippen molar-refractivity contribution in [3.63, 3.8) is 0 Å². The molecule has 0 bridgehead atoms. The molecular weight excluding hydrogens is 241 g/mol. The highest BCUT2D eigenvalue weighted by Crippen LogP contribution is 2.40. The molecule has 4 N–H and O–H groups in total. The van der Waals surface area contributed by atoms with Gasteiger partial charge in [-0.25, -0.2) is 4.39 Å². The normalized spacial score (nSPS) is 12.2. The summed E-state index contributed by atoms with van der Waals surface area (Å²) >= 11 is 5.58. The Morgan fingerprint density at radius 1 is 1.69 bits per heavy atom. The Bertz CT molecular complexity index is 438. The molecule has 0 heterocycles. The number of nitrogens with two attached hydrogens (primary N) is 1. The second kappa shape index (κ2) is 4.54. The Morgan fingerprint density at radius 2 is 2.25 bits per heavy atom. The van der Waals surface area contributed by atoms with E-state index in [0.717, 1.165) is 6.07 Å². The minimum atomic E-state index is -1.58. The van der Waals surface area contributed by atoms with Crippen LogP contribution in [0.3, 0.4) is 0 Å². The van der Waals surface area contributed by atoms with Gasteiger partial charge in [0.2, 0.25) is 0 Å². The highest BCUT2D eigenvalue weighted by molar-refractivity contribution is 6.32. The number of phenols is 1. The highest BCUT2D eigenvalue weighted by Gasteiger charge is 2.26. The van der Waals surface area contributed by atoms with Crippen LogP contribution >= 0.6 is 11.6 Å². The van der Waals surface area contributed by atoms with Gasteiger partial charge < -0.3 is 20.7 Å². The molecule has 0 saturated carbocycles. The van der Waals surface area contributed by atoms with Gasteiger partial charge in [-0.05, 0) is 0 Å². The third kappa shape index (κ3) is 2.02. The van der Waals surface area contributed by atoms with E-state index in [1.54, 1.807) is 0 Å². The molecule has 0 radical (unpaired) electrons. The van der Waals surface area contributed by atoms with Crippen molar-refractivity contribution in [1.82, 2.24) is 0 Å². The number of methoxy groups -OCH3 is 1. The lowest BCUT2D eigenvalue weighted by atomic mass is 10.1.